The van der Waals surface area contributed by atoms with Crippen molar-refractivity contribution < 1.29 is 9.15 Å². The molecule has 4 heteroatoms. The lowest BCUT2D eigenvalue weighted by atomic mass is 10.0. The van der Waals surface area contributed by atoms with Crippen molar-refractivity contribution in [1.82, 2.24) is 4.90 Å². The molecule has 0 N–H and O–H groups in total. The van der Waals surface area contributed by atoms with E-state index in [-0.39, 0.29) is 5.63 Å². The Morgan fingerprint density at radius 1 is 1.04 bits per heavy atom. The molecular formula is C21H23NO3. The van der Waals surface area contributed by atoms with E-state index in [0.717, 1.165) is 39.9 Å². The standard InChI is InChI=1S/C21H23NO3/c1-14-9-10-18-17(11-20(23)25-21(18)15(14)2)13-22(3)12-16-7-5-6-8-19(16)24-4/h5-11H,12-13H2,1-4H3. The minimum atomic E-state index is -0.304. The van der Waals surface area contributed by atoms with E-state index in [1.807, 2.05) is 45.2 Å². The van der Waals surface area contributed by atoms with E-state index in [2.05, 4.69) is 17.0 Å². The lowest BCUT2D eigenvalue weighted by molar-refractivity contribution is 0.310. The van der Waals surface area contributed by atoms with Gasteiger partial charge in [-0.25, -0.2) is 4.79 Å². The highest BCUT2D eigenvalue weighted by Crippen LogP contribution is 2.25. The third-order valence-corrected chi connectivity index (χ3v) is 4.59. The molecule has 1 aromatic heterocycles. The zero-order chi connectivity index (χ0) is 18.0. The molecular weight excluding hydrogens is 314 g/mol. The van der Waals surface area contributed by atoms with Crippen molar-refractivity contribution in [1.29, 1.82) is 0 Å². The fourth-order valence-corrected chi connectivity index (χ4v) is 3.13. The molecule has 0 amide bonds. The maximum Gasteiger partial charge on any atom is 0.336 e. The Kier molecular flexibility index (Phi) is 4.91. The Bertz CT molecular complexity index is 959. The molecule has 0 aliphatic heterocycles. The van der Waals surface area contributed by atoms with Crippen LogP contribution in [0.1, 0.15) is 22.3 Å². The van der Waals surface area contributed by atoms with Gasteiger partial charge >= 0.3 is 5.63 Å². The van der Waals surface area contributed by atoms with Crippen molar-refractivity contribution in [2.45, 2.75) is 26.9 Å². The maximum atomic E-state index is 12.0. The van der Waals surface area contributed by atoms with Crippen molar-refractivity contribution in [2.24, 2.45) is 0 Å². The average Bonchev–Trinajstić information content (AvgIpc) is 2.59. The molecule has 2 aromatic carbocycles. The van der Waals surface area contributed by atoms with Gasteiger partial charge in [0.1, 0.15) is 11.3 Å². The number of ether oxygens (including phenoxy) is 1. The van der Waals surface area contributed by atoms with Crippen molar-refractivity contribution in [3.05, 3.63) is 75.1 Å². The highest BCUT2D eigenvalue weighted by Gasteiger charge is 2.12. The predicted molar refractivity (Wildman–Crippen MR) is 100 cm³/mol. The maximum absolute atomic E-state index is 12.0. The third-order valence-electron chi connectivity index (χ3n) is 4.59. The van der Waals surface area contributed by atoms with Crippen LogP contribution in [0.5, 0.6) is 5.75 Å². The summed E-state index contributed by atoms with van der Waals surface area (Å²) in [7, 11) is 3.72. The van der Waals surface area contributed by atoms with E-state index in [1.54, 1.807) is 13.2 Å². The second kappa shape index (κ2) is 7.11. The van der Waals surface area contributed by atoms with E-state index in [4.69, 9.17) is 9.15 Å². The summed E-state index contributed by atoms with van der Waals surface area (Å²) in [6, 6.07) is 13.7. The smallest absolute Gasteiger partial charge is 0.336 e. The molecule has 0 aliphatic carbocycles. The van der Waals surface area contributed by atoms with Gasteiger partial charge < -0.3 is 9.15 Å². The summed E-state index contributed by atoms with van der Waals surface area (Å²) >= 11 is 0. The third kappa shape index (κ3) is 3.59. The lowest BCUT2D eigenvalue weighted by Crippen LogP contribution is -2.19. The number of methoxy groups -OCH3 is 1. The molecule has 0 spiro atoms. The van der Waals surface area contributed by atoms with Crippen LogP contribution >= 0.6 is 0 Å². The molecule has 4 nitrogen and oxygen atoms in total. The van der Waals surface area contributed by atoms with Gasteiger partial charge in [0.15, 0.2) is 0 Å². The van der Waals surface area contributed by atoms with Crippen LogP contribution in [0.4, 0.5) is 0 Å². The molecule has 1 heterocycles. The van der Waals surface area contributed by atoms with Crippen LogP contribution in [0.25, 0.3) is 11.0 Å². The van der Waals surface area contributed by atoms with Gasteiger partial charge in [0.2, 0.25) is 0 Å². The molecule has 3 aromatic rings. The van der Waals surface area contributed by atoms with Crippen molar-refractivity contribution in [3.63, 3.8) is 0 Å². The SMILES string of the molecule is COc1ccccc1CN(C)Cc1cc(=O)oc2c(C)c(C)ccc12. The molecule has 3 rings (SSSR count). The molecule has 0 saturated heterocycles. The first-order valence-electron chi connectivity index (χ1n) is 8.33. The normalized spacial score (nSPS) is 11.2. The Balaban J connectivity index is 1.92. The summed E-state index contributed by atoms with van der Waals surface area (Å²) < 4.78 is 10.9. The zero-order valence-corrected chi connectivity index (χ0v) is 15.1. The van der Waals surface area contributed by atoms with Gasteiger partial charge in [0.25, 0.3) is 0 Å². The molecule has 0 fully saturated rings. The Labute approximate surface area is 147 Å². The molecule has 0 aliphatic rings. The van der Waals surface area contributed by atoms with Crippen LogP contribution in [0, 0.1) is 13.8 Å². The summed E-state index contributed by atoms with van der Waals surface area (Å²) in [5, 5.41) is 0.995. The van der Waals surface area contributed by atoms with Crippen LogP contribution < -0.4 is 10.4 Å². The largest absolute Gasteiger partial charge is 0.496 e. The zero-order valence-electron chi connectivity index (χ0n) is 15.1. The molecule has 0 radical (unpaired) electrons. The van der Waals surface area contributed by atoms with Crippen LogP contribution in [0.2, 0.25) is 0 Å². The second-order valence-corrected chi connectivity index (χ2v) is 6.46. The first kappa shape index (κ1) is 17.2. The van der Waals surface area contributed by atoms with Gasteiger partial charge in [-0.05, 0) is 43.7 Å². The number of benzene rings is 2. The van der Waals surface area contributed by atoms with Gasteiger partial charge in [-0.3, -0.25) is 4.90 Å². The molecule has 0 atom stereocenters. The van der Waals surface area contributed by atoms with Crippen LogP contribution in [0.3, 0.4) is 0 Å². The Morgan fingerprint density at radius 3 is 2.52 bits per heavy atom. The van der Waals surface area contributed by atoms with Crippen LogP contribution in [-0.2, 0) is 13.1 Å². The Hall–Kier alpha value is -2.59. The molecule has 0 bridgehead atoms. The fourth-order valence-electron chi connectivity index (χ4n) is 3.13. The Morgan fingerprint density at radius 2 is 1.76 bits per heavy atom. The summed E-state index contributed by atoms with van der Waals surface area (Å²) in [4.78, 5) is 14.2. The first-order chi connectivity index (χ1) is 12.0. The number of hydrogen-bond acceptors (Lipinski definition) is 4. The van der Waals surface area contributed by atoms with Crippen LogP contribution in [-0.4, -0.2) is 19.1 Å². The lowest BCUT2D eigenvalue weighted by Gasteiger charge is -2.19. The predicted octanol–water partition coefficient (Wildman–Crippen LogP) is 4.05. The van der Waals surface area contributed by atoms with E-state index in [1.165, 1.54) is 0 Å². The summed E-state index contributed by atoms with van der Waals surface area (Å²) in [5.41, 5.74) is 4.62. The highest BCUT2D eigenvalue weighted by molar-refractivity contribution is 5.83. The van der Waals surface area contributed by atoms with Gasteiger partial charge in [0, 0.05) is 30.1 Å². The van der Waals surface area contributed by atoms with E-state index in [0.29, 0.717) is 12.1 Å². The minimum absolute atomic E-state index is 0.304. The quantitative estimate of drug-likeness (QED) is 0.659. The molecule has 0 saturated carbocycles. The van der Waals surface area contributed by atoms with Gasteiger partial charge in [-0.1, -0.05) is 30.3 Å². The number of para-hydroxylation sites is 1. The average molecular weight is 337 g/mol. The molecule has 130 valence electrons. The number of hydrogen-bond donors (Lipinski definition) is 0. The summed E-state index contributed by atoms with van der Waals surface area (Å²) in [5.74, 6) is 0.873. The molecule has 25 heavy (non-hydrogen) atoms. The van der Waals surface area contributed by atoms with E-state index in [9.17, 15) is 4.79 Å². The van der Waals surface area contributed by atoms with E-state index >= 15 is 0 Å². The van der Waals surface area contributed by atoms with Gasteiger partial charge in [0.05, 0.1) is 7.11 Å². The van der Waals surface area contributed by atoms with Gasteiger partial charge in [-0.15, -0.1) is 0 Å². The monoisotopic (exact) mass is 337 g/mol. The summed E-state index contributed by atoms with van der Waals surface area (Å²) in [6.45, 7) is 5.40. The second-order valence-electron chi connectivity index (χ2n) is 6.46. The number of rotatable bonds is 5. The van der Waals surface area contributed by atoms with Crippen molar-refractivity contribution >= 4 is 11.0 Å². The minimum Gasteiger partial charge on any atom is -0.496 e. The van der Waals surface area contributed by atoms with E-state index < -0.39 is 0 Å². The first-order valence-corrected chi connectivity index (χ1v) is 8.33. The number of fused-ring (bicyclic) bond motifs is 1. The summed E-state index contributed by atoms with van der Waals surface area (Å²) in [6.07, 6.45) is 0. The van der Waals surface area contributed by atoms with Crippen LogP contribution in [0.15, 0.2) is 51.7 Å². The highest BCUT2D eigenvalue weighted by atomic mass is 16.5. The number of nitrogens with zero attached hydrogens (tertiary/aromatic N) is 1. The topological polar surface area (TPSA) is 42.7 Å². The van der Waals surface area contributed by atoms with Crippen molar-refractivity contribution in [3.8, 4) is 5.75 Å². The number of aryl methyl sites for hydroxylation is 2. The fraction of sp³-hybridized carbons (Fsp3) is 0.286. The van der Waals surface area contributed by atoms with Gasteiger partial charge in [-0.2, -0.15) is 0 Å². The molecule has 0 unspecified atom stereocenters. The van der Waals surface area contributed by atoms with Crippen molar-refractivity contribution in [2.75, 3.05) is 14.2 Å².